The van der Waals surface area contributed by atoms with E-state index in [-0.39, 0.29) is 5.57 Å². The summed E-state index contributed by atoms with van der Waals surface area (Å²) in [5, 5.41) is 10.7. The molecule has 0 spiro atoms. The molecule has 0 aliphatic carbocycles. The molecule has 32 heavy (non-hydrogen) atoms. The molecule has 0 saturated carbocycles. The van der Waals surface area contributed by atoms with Crippen molar-refractivity contribution < 1.29 is 23.8 Å². The minimum Gasteiger partial charge on any atom is -0.503 e. The van der Waals surface area contributed by atoms with Gasteiger partial charge in [-0.15, -0.1) is 0 Å². The molecule has 0 radical (unpaired) electrons. The van der Waals surface area contributed by atoms with Crippen molar-refractivity contribution in [3.8, 4) is 5.75 Å². The Hall–Kier alpha value is -4.19. The molecule has 1 aliphatic heterocycles. The van der Waals surface area contributed by atoms with Crippen molar-refractivity contribution >= 4 is 23.5 Å². The summed E-state index contributed by atoms with van der Waals surface area (Å²) in [5.41, 5.74) is 1.70. The summed E-state index contributed by atoms with van der Waals surface area (Å²) in [6, 6.07) is 20.5. The average molecular weight is 429 g/mol. The number of allylic oxidation sites excluding steroid dienone is 1. The number of ether oxygens (including phenoxy) is 1. The first kappa shape index (κ1) is 21.1. The fraction of sp³-hybridized carbons (Fsp3) is 0.0769. The number of aliphatic hydroxyl groups is 1. The van der Waals surface area contributed by atoms with Crippen LogP contribution in [0, 0.1) is 5.82 Å². The number of halogens is 1. The smallest absolute Gasteiger partial charge is 0.294 e. The predicted molar refractivity (Wildman–Crippen MR) is 120 cm³/mol. The number of ketones is 1. The van der Waals surface area contributed by atoms with E-state index in [9.17, 15) is 19.1 Å². The van der Waals surface area contributed by atoms with Gasteiger partial charge in [0.25, 0.3) is 5.91 Å². The van der Waals surface area contributed by atoms with E-state index in [1.165, 1.54) is 42.4 Å². The van der Waals surface area contributed by atoms with Gasteiger partial charge in [-0.25, -0.2) is 4.39 Å². The summed E-state index contributed by atoms with van der Waals surface area (Å²) in [4.78, 5) is 27.5. The van der Waals surface area contributed by atoms with Crippen LogP contribution in [-0.2, 0) is 9.59 Å². The van der Waals surface area contributed by atoms with Gasteiger partial charge in [-0.2, -0.15) is 0 Å². The first-order valence-electron chi connectivity index (χ1n) is 9.93. The minimum absolute atomic E-state index is 0.0652. The number of nitrogens with zero attached hydrogens (tertiary/aromatic N) is 1. The highest BCUT2D eigenvalue weighted by molar-refractivity contribution is 6.19. The second kappa shape index (κ2) is 8.89. The zero-order valence-electron chi connectivity index (χ0n) is 17.2. The lowest BCUT2D eigenvalue weighted by Gasteiger charge is -2.26. The van der Waals surface area contributed by atoms with Crippen LogP contribution in [-0.4, -0.2) is 23.9 Å². The van der Waals surface area contributed by atoms with Crippen LogP contribution in [0.3, 0.4) is 0 Å². The molecule has 160 valence electrons. The van der Waals surface area contributed by atoms with Crippen LogP contribution in [0.5, 0.6) is 5.75 Å². The molecule has 0 saturated heterocycles. The van der Waals surface area contributed by atoms with Gasteiger partial charge in [-0.3, -0.25) is 14.5 Å². The molecule has 0 bridgehead atoms. The molecule has 1 atom stereocenters. The largest absolute Gasteiger partial charge is 0.503 e. The number of amides is 1. The van der Waals surface area contributed by atoms with Gasteiger partial charge in [0.05, 0.1) is 18.7 Å². The van der Waals surface area contributed by atoms with Gasteiger partial charge in [0.1, 0.15) is 11.6 Å². The van der Waals surface area contributed by atoms with Gasteiger partial charge in [0.15, 0.2) is 11.5 Å². The normalized spacial score (nSPS) is 16.1. The summed E-state index contributed by atoms with van der Waals surface area (Å²) < 4.78 is 18.7. The van der Waals surface area contributed by atoms with Crippen molar-refractivity contribution in [1.82, 2.24) is 0 Å². The van der Waals surface area contributed by atoms with Crippen LogP contribution >= 0.6 is 0 Å². The molecule has 3 aromatic carbocycles. The number of anilines is 1. The number of carbonyl (C=O) groups excluding carboxylic acids is 2. The molecule has 3 aromatic rings. The van der Waals surface area contributed by atoms with Crippen molar-refractivity contribution in [3.63, 3.8) is 0 Å². The molecule has 4 rings (SSSR count). The highest BCUT2D eigenvalue weighted by Gasteiger charge is 2.43. The summed E-state index contributed by atoms with van der Waals surface area (Å²) in [5.74, 6) is -1.69. The van der Waals surface area contributed by atoms with Gasteiger partial charge < -0.3 is 9.84 Å². The van der Waals surface area contributed by atoms with E-state index >= 15 is 0 Å². The third kappa shape index (κ3) is 4.03. The predicted octanol–water partition coefficient (Wildman–Crippen LogP) is 5.02. The Bertz CT molecular complexity index is 1200. The highest BCUT2D eigenvalue weighted by Crippen LogP contribution is 2.41. The highest BCUT2D eigenvalue weighted by atomic mass is 19.1. The Morgan fingerprint density at radius 3 is 2.28 bits per heavy atom. The van der Waals surface area contributed by atoms with E-state index in [4.69, 9.17) is 4.74 Å². The number of aliphatic hydroxyl groups excluding tert-OH is 1. The fourth-order valence-electron chi connectivity index (χ4n) is 3.65. The van der Waals surface area contributed by atoms with Gasteiger partial charge in [-0.1, -0.05) is 48.5 Å². The van der Waals surface area contributed by atoms with Crippen LogP contribution in [0.25, 0.3) is 6.08 Å². The maximum Gasteiger partial charge on any atom is 0.294 e. The molecule has 1 N–H and O–H groups in total. The number of methoxy groups -OCH3 is 1. The lowest BCUT2D eigenvalue weighted by molar-refractivity contribution is -0.117. The molecule has 0 fully saturated rings. The van der Waals surface area contributed by atoms with Gasteiger partial charge in [0.2, 0.25) is 0 Å². The number of hydrogen-bond acceptors (Lipinski definition) is 4. The van der Waals surface area contributed by atoms with Gasteiger partial charge in [0, 0.05) is 5.69 Å². The van der Waals surface area contributed by atoms with Crippen molar-refractivity contribution in [2.45, 2.75) is 6.04 Å². The van der Waals surface area contributed by atoms with E-state index in [0.717, 1.165) is 5.56 Å². The van der Waals surface area contributed by atoms with Crippen LogP contribution < -0.4 is 9.64 Å². The molecule has 1 heterocycles. The van der Waals surface area contributed by atoms with Crippen molar-refractivity contribution in [1.29, 1.82) is 0 Å². The fourth-order valence-corrected chi connectivity index (χ4v) is 3.65. The molecule has 0 aromatic heterocycles. The molecule has 1 aliphatic rings. The van der Waals surface area contributed by atoms with Gasteiger partial charge in [-0.05, 0) is 53.6 Å². The third-order valence-corrected chi connectivity index (χ3v) is 5.24. The molecule has 1 amide bonds. The van der Waals surface area contributed by atoms with Crippen molar-refractivity contribution in [3.05, 3.63) is 113 Å². The second-order valence-electron chi connectivity index (χ2n) is 7.20. The summed E-state index contributed by atoms with van der Waals surface area (Å²) in [6.07, 6.45) is 2.94. The van der Waals surface area contributed by atoms with E-state index < -0.39 is 29.3 Å². The van der Waals surface area contributed by atoms with Gasteiger partial charge >= 0.3 is 0 Å². The number of carbonyl (C=O) groups is 2. The SMILES string of the molecule is COc1ccc(N2C(=O)C(O)=C(C(=O)/C=C/c3ccccc3)[C@@H]2c2ccc(F)cc2)cc1. The zero-order valence-corrected chi connectivity index (χ0v) is 17.2. The monoisotopic (exact) mass is 429 g/mol. The van der Waals surface area contributed by atoms with Crippen LogP contribution in [0.4, 0.5) is 10.1 Å². The summed E-state index contributed by atoms with van der Waals surface area (Å²) in [7, 11) is 1.53. The molecular formula is C26H20FNO4. The Morgan fingerprint density at radius 2 is 1.66 bits per heavy atom. The Kier molecular flexibility index (Phi) is 5.85. The minimum atomic E-state index is -0.913. The topological polar surface area (TPSA) is 66.8 Å². The van der Waals surface area contributed by atoms with E-state index in [1.807, 2.05) is 30.3 Å². The van der Waals surface area contributed by atoms with E-state index in [0.29, 0.717) is 17.0 Å². The lowest BCUT2D eigenvalue weighted by atomic mass is 9.95. The molecular weight excluding hydrogens is 409 g/mol. The number of hydrogen-bond donors (Lipinski definition) is 1. The standard InChI is InChI=1S/C26H20FNO4/c1-32-21-14-12-20(13-15-21)28-24(18-8-10-19(27)11-9-18)23(25(30)26(28)31)22(29)16-7-17-5-3-2-4-6-17/h2-16,24,30H,1H3/b16-7+/t24-/m0/s1. The average Bonchev–Trinajstić information content (AvgIpc) is 3.09. The molecule has 6 heteroatoms. The third-order valence-electron chi connectivity index (χ3n) is 5.24. The molecule has 0 unspecified atom stereocenters. The maximum atomic E-state index is 13.6. The Morgan fingerprint density at radius 1 is 1.00 bits per heavy atom. The number of benzene rings is 3. The van der Waals surface area contributed by atoms with Crippen LogP contribution in [0.2, 0.25) is 0 Å². The summed E-state index contributed by atoms with van der Waals surface area (Å²) >= 11 is 0. The van der Waals surface area contributed by atoms with Crippen LogP contribution in [0.15, 0.2) is 96.3 Å². The first-order valence-corrected chi connectivity index (χ1v) is 9.93. The van der Waals surface area contributed by atoms with E-state index in [1.54, 1.807) is 30.3 Å². The van der Waals surface area contributed by atoms with Crippen molar-refractivity contribution in [2.75, 3.05) is 12.0 Å². The second-order valence-corrected chi connectivity index (χ2v) is 7.20. The quantitative estimate of drug-likeness (QED) is 0.559. The summed E-state index contributed by atoms with van der Waals surface area (Å²) in [6.45, 7) is 0. The van der Waals surface area contributed by atoms with Crippen molar-refractivity contribution in [2.24, 2.45) is 0 Å². The number of rotatable bonds is 6. The van der Waals surface area contributed by atoms with E-state index in [2.05, 4.69) is 0 Å². The Labute approximate surface area is 184 Å². The Balaban J connectivity index is 1.77. The maximum absolute atomic E-state index is 13.6. The molecule has 5 nitrogen and oxygen atoms in total. The zero-order chi connectivity index (χ0) is 22.7. The van der Waals surface area contributed by atoms with Crippen LogP contribution in [0.1, 0.15) is 17.2 Å². The first-order chi connectivity index (χ1) is 15.5. The lowest BCUT2D eigenvalue weighted by Crippen LogP contribution is -2.30.